The molecule has 0 saturated carbocycles. The largest absolute Gasteiger partial charge is 0.379 e. The summed E-state index contributed by atoms with van der Waals surface area (Å²) in [5.74, 6) is 0. The first-order chi connectivity index (χ1) is 8.09. The van der Waals surface area contributed by atoms with E-state index in [1.165, 1.54) is 4.90 Å². The maximum atomic E-state index is 10.9. The molecule has 0 aromatic rings. The Balaban J connectivity index is 3.97. The normalized spacial score (nSPS) is 12.6. The number of methoxy groups -OCH3 is 1. The van der Waals surface area contributed by atoms with Gasteiger partial charge in [-0.15, -0.1) is 0 Å². The highest BCUT2D eigenvalue weighted by atomic mass is 35.5. The molecule has 0 heterocycles. The lowest BCUT2D eigenvalue weighted by Gasteiger charge is -2.30. The Kier molecular flexibility index (Phi) is 7.18. The van der Waals surface area contributed by atoms with Gasteiger partial charge in [0.15, 0.2) is 0 Å². The van der Waals surface area contributed by atoms with Crippen molar-refractivity contribution in [2.75, 3.05) is 27.3 Å². The predicted octanol–water partition coefficient (Wildman–Crippen LogP) is 3.28. The lowest BCUT2D eigenvalue weighted by Crippen LogP contribution is -2.34. The maximum Gasteiger partial charge on any atom is 0.316 e. The number of carbonyl (C=O) groups is 1. The van der Waals surface area contributed by atoms with Gasteiger partial charge in [0.05, 0.1) is 17.8 Å². The van der Waals surface area contributed by atoms with Crippen LogP contribution in [0.1, 0.15) is 40.5 Å². The average molecular weight is 280 g/mol. The van der Waals surface area contributed by atoms with Crippen molar-refractivity contribution in [2.24, 2.45) is 0 Å². The second-order valence-electron chi connectivity index (χ2n) is 5.75. The van der Waals surface area contributed by atoms with Gasteiger partial charge in [-0.3, -0.25) is 4.79 Å². The zero-order valence-electron chi connectivity index (χ0n) is 12.4. The summed E-state index contributed by atoms with van der Waals surface area (Å²) < 4.78 is 11.2. The molecule has 0 radical (unpaired) electrons. The Morgan fingerprint density at radius 3 is 2.17 bits per heavy atom. The maximum absolute atomic E-state index is 10.9. The molecule has 0 aromatic heterocycles. The van der Waals surface area contributed by atoms with E-state index in [1.807, 2.05) is 27.7 Å². The van der Waals surface area contributed by atoms with Crippen LogP contribution in [0, 0.1) is 0 Å². The van der Waals surface area contributed by atoms with Crippen LogP contribution in [0.15, 0.2) is 0 Å². The Bertz CT molecular complexity index is 267. The number of nitrogens with zero attached hydrogens (tertiary/aromatic N) is 1. The van der Waals surface area contributed by atoms with Crippen molar-refractivity contribution < 1.29 is 14.3 Å². The Hall–Kier alpha value is -0.320. The smallest absolute Gasteiger partial charge is 0.316 e. The summed E-state index contributed by atoms with van der Waals surface area (Å²) in [6.07, 6.45) is 1.58. The molecule has 0 atom stereocenters. The topological polar surface area (TPSA) is 38.8 Å². The number of ether oxygens (including phenoxy) is 2. The molecule has 0 unspecified atom stereocenters. The third-order valence-electron chi connectivity index (χ3n) is 3.10. The van der Waals surface area contributed by atoms with Gasteiger partial charge in [-0.2, -0.15) is 0 Å². The molecule has 0 aromatic carbocycles. The third kappa shape index (κ3) is 7.90. The van der Waals surface area contributed by atoms with Gasteiger partial charge in [0.1, 0.15) is 0 Å². The highest BCUT2D eigenvalue weighted by Gasteiger charge is 2.22. The van der Waals surface area contributed by atoms with E-state index in [1.54, 1.807) is 14.2 Å². The van der Waals surface area contributed by atoms with Gasteiger partial charge in [-0.05, 0) is 52.1 Å². The first-order valence-electron chi connectivity index (χ1n) is 6.19. The molecule has 0 spiro atoms. The summed E-state index contributed by atoms with van der Waals surface area (Å²) in [6.45, 7) is 9.31. The average Bonchev–Trinajstić information content (AvgIpc) is 2.25. The lowest BCUT2D eigenvalue weighted by atomic mass is 10.0. The van der Waals surface area contributed by atoms with E-state index >= 15 is 0 Å². The molecular weight excluding hydrogens is 254 g/mol. The Morgan fingerprint density at radius 2 is 1.72 bits per heavy atom. The summed E-state index contributed by atoms with van der Waals surface area (Å²) in [6, 6.07) is 0. The zero-order valence-corrected chi connectivity index (χ0v) is 13.1. The third-order valence-corrected chi connectivity index (χ3v) is 3.39. The second kappa shape index (κ2) is 7.31. The molecule has 1 amide bonds. The van der Waals surface area contributed by atoms with Crippen LogP contribution in [-0.4, -0.2) is 48.8 Å². The van der Waals surface area contributed by atoms with Crippen LogP contribution in [0.4, 0.5) is 4.79 Å². The molecule has 0 bridgehead atoms. The monoisotopic (exact) mass is 279 g/mol. The fourth-order valence-corrected chi connectivity index (χ4v) is 1.36. The Morgan fingerprint density at radius 1 is 1.17 bits per heavy atom. The van der Waals surface area contributed by atoms with Crippen molar-refractivity contribution in [3.63, 3.8) is 0 Å². The van der Waals surface area contributed by atoms with E-state index in [0.29, 0.717) is 13.2 Å². The summed E-state index contributed by atoms with van der Waals surface area (Å²) in [5.41, 5.74) is -0.441. The Labute approximate surface area is 116 Å². The van der Waals surface area contributed by atoms with E-state index in [-0.39, 0.29) is 11.2 Å². The van der Waals surface area contributed by atoms with Crippen LogP contribution in [0.2, 0.25) is 0 Å². The lowest BCUT2D eigenvalue weighted by molar-refractivity contribution is -0.0622. The summed E-state index contributed by atoms with van der Waals surface area (Å²) in [5, 5.41) is -0.439. The van der Waals surface area contributed by atoms with Crippen LogP contribution in [0.5, 0.6) is 0 Å². The summed E-state index contributed by atoms with van der Waals surface area (Å²) in [4.78, 5) is 12.4. The van der Waals surface area contributed by atoms with Gasteiger partial charge in [-0.25, -0.2) is 0 Å². The van der Waals surface area contributed by atoms with Crippen LogP contribution in [0.3, 0.4) is 0 Å². The minimum atomic E-state index is -0.439. The molecule has 0 aliphatic rings. The minimum Gasteiger partial charge on any atom is -0.379 e. The van der Waals surface area contributed by atoms with E-state index in [4.69, 9.17) is 21.1 Å². The van der Waals surface area contributed by atoms with E-state index in [0.717, 1.165) is 12.8 Å². The molecule has 0 aliphatic heterocycles. The first-order valence-corrected chi connectivity index (χ1v) is 6.57. The van der Waals surface area contributed by atoms with Crippen molar-refractivity contribution in [1.82, 2.24) is 4.90 Å². The van der Waals surface area contributed by atoms with Crippen molar-refractivity contribution in [3.05, 3.63) is 0 Å². The van der Waals surface area contributed by atoms with E-state index in [9.17, 15) is 4.79 Å². The highest BCUT2D eigenvalue weighted by molar-refractivity contribution is 6.62. The number of rotatable bonds is 8. The zero-order chi connectivity index (χ0) is 14.4. The number of halogens is 1. The SMILES string of the molecule is COC(C)(C)CCOC(C)(C)CCN(C)C(=O)Cl. The van der Waals surface area contributed by atoms with Gasteiger partial charge in [0, 0.05) is 20.7 Å². The molecular formula is C13H26ClNO3. The van der Waals surface area contributed by atoms with Gasteiger partial charge in [-0.1, -0.05) is 0 Å². The van der Waals surface area contributed by atoms with Gasteiger partial charge in [0.2, 0.25) is 0 Å². The fourth-order valence-electron chi connectivity index (χ4n) is 1.27. The fraction of sp³-hybridized carbons (Fsp3) is 0.923. The van der Waals surface area contributed by atoms with Gasteiger partial charge in [0.25, 0.3) is 0 Å². The first kappa shape index (κ1) is 17.7. The molecule has 4 nitrogen and oxygen atoms in total. The molecule has 0 aliphatic carbocycles. The van der Waals surface area contributed by atoms with Crippen LogP contribution < -0.4 is 0 Å². The van der Waals surface area contributed by atoms with Gasteiger partial charge >= 0.3 is 5.37 Å². The van der Waals surface area contributed by atoms with E-state index in [2.05, 4.69) is 0 Å². The molecule has 5 heteroatoms. The molecule has 0 rings (SSSR count). The standard InChI is InChI=1S/C13H26ClNO3/c1-12(2,17-6)8-10-18-13(3,4)7-9-15(5)11(14)16/h7-10H2,1-6H3. The van der Waals surface area contributed by atoms with Crippen LogP contribution in [-0.2, 0) is 9.47 Å². The minimum absolute atomic E-state index is 0.168. The number of hydrogen-bond donors (Lipinski definition) is 0. The highest BCUT2D eigenvalue weighted by Crippen LogP contribution is 2.19. The van der Waals surface area contributed by atoms with Crippen molar-refractivity contribution in [1.29, 1.82) is 0 Å². The molecule has 0 N–H and O–H groups in total. The molecule has 0 fully saturated rings. The van der Waals surface area contributed by atoms with Crippen LogP contribution in [0.25, 0.3) is 0 Å². The van der Waals surface area contributed by atoms with Crippen molar-refractivity contribution >= 4 is 17.0 Å². The predicted molar refractivity (Wildman–Crippen MR) is 74.2 cm³/mol. The second-order valence-corrected chi connectivity index (χ2v) is 6.07. The molecule has 0 saturated heterocycles. The van der Waals surface area contributed by atoms with E-state index < -0.39 is 5.37 Å². The van der Waals surface area contributed by atoms with Gasteiger partial charge < -0.3 is 14.4 Å². The molecule has 18 heavy (non-hydrogen) atoms. The molecule has 108 valence electrons. The number of carbonyl (C=O) groups excluding carboxylic acids is 1. The van der Waals surface area contributed by atoms with Crippen molar-refractivity contribution in [2.45, 2.75) is 51.7 Å². The van der Waals surface area contributed by atoms with Crippen molar-refractivity contribution in [3.8, 4) is 0 Å². The number of hydrogen-bond acceptors (Lipinski definition) is 3. The summed E-state index contributed by atoms with van der Waals surface area (Å²) in [7, 11) is 3.38. The number of amides is 1. The van der Waals surface area contributed by atoms with Crippen LogP contribution >= 0.6 is 11.6 Å². The summed E-state index contributed by atoms with van der Waals surface area (Å²) >= 11 is 5.37. The quantitative estimate of drug-likeness (QED) is 0.506.